The summed E-state index contributed by atoms with van der Waals surface area (Å²) in [5.74, 6) is 1.25. The van der Waals surface area contributed by atoms with Crippen LogP contribution >= 0.6 is 0 Å². The van der Waals surface area contributed by atoms with Gasteiger partial charge in [-0.05, 0) is 5.92 Å². The molecule has 1 rings (SSSR count). The molecule has 1 heterocycles. The summed E-state index contributed by atoms with van der Waals surface area (Å²) in [6.45, 7) is 5.57. The molecule has 1 aromatic rings. The summed E-state index contributed by atoms with van der Waals surface area (Å²) in [4.78, 5) is 0. The van der Waals surface area contributed by atoms with E-state index >= 15 is 0 Å². The number of anilines is 1. The molecule has 0 bridgehead atoms. The first-order chi connectivity index (χ1) is 5.65. The Hall–Kier alpha value is -1.03. The Morgan fingerprint density at radius 3 is 2.67 bits per heavy atom. The van der Waals surface area contributed by atoms with Crippen molar-refractivity contribution in [2.45, 2.75) is 26.9 Å². The quantitative estimate of drug-likeness (QED) is 0.693. The van der Waals surface area contributed by atoms with Crippen LogP contribution in [0.1, 0.15) is 19.4 Å². The Bertz CT molecular complexity index is 252. The highest BCUT2D eigenvalue weighted by Gasteiger charge is 2.06. The van der Waals surface area contributed by atoms with Crippen molar-refractivity contribution < 1.29 is 0 Å². The van der Waals surface area contributed by atoms with E-state index in [4.69, 9.17) is 11.5 Å². The van der Waals surface area contributed by atoms with Crippen LogP contribution in [0, 0.1) is 5.92 Å². The normalized spacial score (nSPS) is 11.0. The molecule has 1 aromatic heterocycles. The lowest BCUT2D eigenvalue weighted by molar-refractivity contribution is 0.488. The lowest BCUT2D eigenvalue weighted by atomic mass is 10.2. The largest absolute Gasteiger partial charge is 0.384 e. The molecule has 0 fully saturated rings. The fourth-order valence-electron chi connectivity index (χ4n) is 1.08. The van der Waals surface area contributed by atoms with E-state index in [-0.39, 0.29) is 0 Å². The van der Waals surface area contributed by atoms with E-state index in [0.717, 1.165) is 12.1 Å². The van der Waals surface area contributed by atoms with Crippen LogP contribution in [-0.2, 0) is 13.1 Å². The van der Waals surface area contributed by atoms with Gasteiger partial charge in [0.25, 0.3) is 0 Å². The van der Waals surface area contributed by atoms with Crippen molar-refractivity contribution >= 4 is 5.82 Å². The minimum atomic E-state index is 0.462. The molecule has 0 saturated heterocycles. The van der Waals surface area contributed by atoms with Gasteiger partial charge in [0.15, 0.2) is 0 Å². The second-order valence-electron chi connectivity index (χ2n) is 3.34. The van der Waals surface area contributed by atoms with Crippen LogP contribution in [0.3, 0.4) is 0 Å². The number of nitrogens with two attached hydrogens (primary N) is 2. The third kappa shape index (κ3) is 1.76. The standard InChI is InChI=1S/C8H16N4/c1-6(2)5-12-8(10)7(3-9)4-11-12/h4,6H,3,5,9-10H2,1-2H3. The molecule has 4 nitrogen and oxygen atoms in total. The first-order valence-electron chi connectivity index (χ1n) is 4.15. The minimum absolute atomic E-state index is 0.462. The second-order valence-corrected chi connectivity index (χ2v) is 3.34. The number of nitrogen functional groups attached to an aromatic ring is 1. The van der Waals surface area contributed by atoms with Gasteiger partial charge in [0, 0.05) is 18.7 Å². The molecule has 4 heteroatoms. The van der Waals surface area contributed by atoms with Crippen LogP contribution in [0.5, 0.6) is 0 Å². The molecule has 68 valence electrons. The maximum atomic E-state index is 5.78. The van der Waals surface area contributed by atoms with E-state index in [9.17, 15) is 0 Å². The fourth-order valence-corrected chi connectivity index (χ4v) is 1.08. The fraction of sp³-hybridized carbons (Fsp3) is 0.625. The van der Waals surface area contributed by atoms with Crippen molar-refractivity contribution in [1.82, 2.24) is 9.78 Å². The monoisotopic (exact) mass is 168 g/mol. The third-order valence-electron chi connectivity index (χ3n) is 1.72. The molecule has 0 unspecified atom stereocenters. The summed E-state index contributed by atoms with van der Waals surface area (Å²) in [5.41, 5.74) is 12.2. The molecule has 0 radical (unpaired) electrons. The second kappa shape index (κ2) is 3.58. The average Bonchev–Trinajstić information content (AvgIpc) is 2.32. The molecule has 0 aliphatic rings. The maximum absolute atomic E-state index is 5.78. The van der Waals surface area contributed by atoms with Crippen LogP contribution < -0.4 is 11.5 Å². The highest BCUT2D eigenvalue weighted by Crippen LogP contribution is 2.11. The van der Waals surface area contributed by atoms with Gasteiger partial charge in [0.2, 0.25) is 0 Å². The minimum Gasteiger partial charge on any atom is -0.384 e. The SMILES string of the molecule is CC(C)Cn1ncc(CN)c1N. The molecule has 0 amide bonds. The van der Waals surface area contributed by atoms with Crippen LogP contribution in [0.25, 0.3) is 0 Å². The van der Waals surface area contributed by atoms with Crippen molar-refractivity contribution in [3.63, 3.8) is 0 Å². The van der Waals surface area contributed by atoms with Gasteiger partial charge in [-0.2, -0.15) is 5.10 Å². The summed E-state index contributed by atoms with van der Waals surface area (Å²) in [5, 5.41) is 4.14. The predicted molar refractivity (Wildman–Crippen MR) is 49.4 cm³/mol. The Balaban J connectivity index is 2.80. The van der Waals surface area contributed by atoms with E-state index in [1.54, 1.807) is 10.9 Å². The number of nitrogens with zero attached hydrogens (tertiary/aromatic N) is 2. The van der Waals surface area contributed by atoms with E-state index in [2.05, 4.69) is 18.9 Å². The van der Waals surface area contributed by atoms with Gasteiger partial charge >= 0.3 is 0 Å². The number of aromatic nitrogens is 2. The zero-order valence-electron chi connectivity index (χ0n) is 7.62. The zero-order valence-corrected chi connectivity index (χ0v) is 7.62. The third-order valence-corrected chi connectivity index (χ3v) is 1.72. The number of rotatable bonds is 3. The van der Waals surface area contributed by atoms with E-state index in [0.29, 0.717) is 18.3 Å². The van der Waals surface area contributed by atoms with Crippen molar-refractivity contribution in [2.75, 3.05) is 5.73 Å². The predicted octanol–water partition coefficient (Wildman–Crippen LogP) is 0.580. The molecule has 0 aliphatic heterocycles. The smallest absolute Gasteiger partial charge is 0.126 e. The molecule has 0 spiro atoms. The van der Waals surface area contributed by atoms with Gasteiger partial charge in [-0.3, -0.25) is 0 Å². The lowest BCUT2D eigenvalue weighted by Crippen LogP contribution is -2.10. The van der Waals surface area contributed by atoms with Gasteiger partial charge < -0.3 is 11.5 Å². The zero-order chi connectivity index (χ0) is 9.14. The van der Waals surface area contributed by atoms with Gasteiger partial charge in [0.05, 0.1) is 6.20 Å². The molecule has 0 atom stereocenters. The number of hydrogen-bond acceptors (Lipinski definition) is 3. The van der Waals surface area contributed by atoms with Crippen molar-refractivity contribution in [3.8, 4) is 0 Å². The first kappa shape index (κ1) is 9.06. The Kier molecular flexibility index (Phi) is 2.70. The highest BCUT2D eigenvalue weighted by atomic mass is 15.3. The van der Waals surface area contributed by atoms with Gasteiger partial charge in [-0.15, -0.1) is 0 Å². The van der Waals surface area contributed by atoms with Crippen molar-refractivity contribution in [2.24, 2.45) is 11.7 Å². The van der Waals surface area contributed by atoms with Crippen LogP contribution in [0.2, 0.25) is 0 Å². The maximum Gasteiger partial charge on any atom is 0.126 e. The van der Waals surface area contributed by atoms with Gasteiger partial charge in [-0.1, -0.05) is 13.8 Å². The molecular formula is C8H16N4. The Labute approximate surface area is 72.5 Å². The summed E-state index contributed by atoms with van der Waals surface area (Å²) < 4.78 is 1.80. The van der Waals surface area contributed by atoms with Crippen LogP contribution in [0.15, 0.2) is 6.20 Å². The van der Waals surface area contributed by atoms with E-state index < -0.39 is 0 Å². The topological polar surface area (TPSA) is 69.9 Å². The van der Waals surface area contributed by atoms with Crippen molar-refractivity contribution in [3.05, 3.63) is 11.8 Å². The van der Waals surface area contributed by atoms with Gasteiger partial charge in [0.1, 0.15) is 5.82 Å². The molecule has 0 saturated carbocycles. The average molecular weight is 168 g/mol. The molecule has 12 heavy (non-hydrogen) atoms. The summed E-state index contributed by atoms with van der Waals surface area (Å²) in [6.07, 6.45) is 1.73. The van der Waals surface area contributed by atoms with Crippen LogP contribution in [0.4, 0.5) is 5.82 Å². The molecule has 0 aromatic carbocycles. The molecule has 4 N–H and O–H groups in total. The van der Waals surface area contributed by atoms with E-state index in [1.807, 2.05) is 0 Å². The van der Waals surface area contributed by atoms with Gasteiger partial charge in [-0.25, -0.2) is 4.68 Å². The highest BCUT2D eigenvalue weighted by molar-refractivity contribution is 5.38. The van der Waals surface area contributed by atoms with Crippen molar-refractivity contribution in [1.29, 1.82) is 0 Å². The summed E-state index contributed by atoms with van der Waals surface area (Å²) >= 11 is 0. The molecule has 0 aliphatic carbocycles. The number of hydrogen-bond donors (Lipinski definition) is 2. The van der Waals surface area contributed by atoms with E-state index in [1.165, 1.54) is 0 Å². The summed E-state index contributed by atoms with van der Waals surface area (Å²) in [7, 11) is 0. The summed E-state index contributed by atoms with van der Waals surface area (Å²) in [6, 6.07) is 0. The first-order valence-corrected chi connectivity index (χ1v) is 4.15. The Morgan fingerprint density at radius 1 is 1.58 bits per heavy atom. The lowest BCUT2D eigenvalue weighted by Gasteiger charge is -2.06. The Morgan fingerprint density at radius 2 is 2.25 bits per heavy atom. The van der Waals surface area contributed by atoms with Crippen LogP contribution in [-0.4, -0.2) is 9.78 Å². The molecular weight excluding hydrogens is 152 g/mol.